The molecule has 3 atom stereocenters. The van der Waals surface area contributed by atoms with Gasteiger partial charge in [-0.2, -0.15) is 0 Å². The molecule has 0 aromatic rings. The zero-order chi connectivity index (χ0) is 11.4. The monoisotopic (exact) mass is 235 g/mol. The largest absolute Gasteiger partial charge is 0.355 e. The number of hydrogen-bond acceptors (Lipinski definition) is 2. The summed E-state index contributed by atoms with van der Waals surface area (Å²) in [5.41, 5.74) is 1.21. The first-order valence-electron chi connectivity index (χ1n) is 5.67. The van der Waals surface area contributed by atoms with Crippen molar-refractivity contribution in [2.75, 3.05) is 6.54 Å². The highest BCUT2D eigenvalue weighted by Crippen LogP contribution is 2.38. The number of hydrogen-bond donors (Lipinski definition) is 1. The van der Waals surface area contributed by atoms with Crippen molar-refractivity contribution in [1.29, 1.82) is 0 Å². The lowest BCUT2D eigenvalue weighted by atomic mass is 9.88. The van der Waals surface area contributed by atoms with E-state index in [1.807, 2.05) is 11.8 Å². The molecule has 0 fully saturated rings. The van der Waals surface area contributed by atoms with Gasteiger partial charge in [-0.3, -0.25) is 4.79 Å². The van der Waals surface area contributed by atoms with Gasteiger partial charge >= 0.3 is 0 Å². The smallest absolute Gasteiger partial charge is 0.207 e. The Morgan fingerprint density at radius 1 is 1.56 bits per heavy atom. The van der Waals surface area contributed by atoms with Crippen LogP contribution in [-0.2, 0) is 4.79 Å². The quantitative estimate of drug-likeness (QED) is 0.759. The zero-order valence-corrected chi connectivity index (χ0v) is 10.2. The second-order valence-electron chi connectivity index (χ2n) is 4.32. The third-order valence-corrected chi connectivity index (χ3v) is 4.56. The van der Waals surface area contributed by atoms with Crippen molar-refractivity contribution in [1.82, 2.24) is 5.32 Å². The molecule has 2 aliphatic rings. The van der Waals surface area contributed by atoms with E-state index in [0.29, 0.717) is 23.6 Å². The molecule has 1 N–H and O–H groups in total. The molecule has 16 heavy (non-hydrogen) atoms. The van der Waals surface area contributed by atoms with Crippen LogP contribution in [0.4, 0.5) is 0 Å². The van der Waals surface area contributed by atoms with E-state index in [0.717, 1.165) is 12.8 Å². The van der Waals surface area contributed by atoms with Crippen LogP contribution >= 0.6 is 11.8 Å². The predicted octanol–water partition coefficient (Wildman–Crippen LogP) is 2.50. The van der Waals surface area contributed by atoms with Crippen molar-refractivity contribution < 1.29 is 4.79 Å². The van der Waals surface area contributed by atoms with Crippen molar-refractivity contribution in [2.45, 2.75) is 18.6 Å². The highest BCUT2D eigenvalue weighted by Gasteiger charge is 2.27. The second kappa shape index (κ2) is 5.39. The van der Waals surface area contributed by atoms with Gasteiger partial charge in [0.2, 0.25) is 6.41 Å². The van der Waals surface area contributed by atoms with Crippen LogP contribution in [0, 0.1) is 11.8 Å². The summed E-state index contributed by atoms with van der Waals surface area (Å²) in [6.07, 6.45) is 10.8. The minimum absolute atomic E-state index is 0.634. The normalized spacial score (nSPS) is 32.6. The number of rotatable bonds is 4. The summed E-state index contributed by atoms with van der Waals surface area (Å²) >= 11 is 1.94. The molecule has 0 bridgehead atoms. The van der Waals surface area contributed by atoms with Crippen molar-refractivity contribution in [3.05, 3.63) is 35.3 Å². The van der Waals surface area contributed by atoms with E-state index in [4.69, 9.17) is 0 Å². The van der Waals surface area contributed by atoms with Gasteiger partial charge < -0.3 is 5.32 Å². The van der Waals surface area contributed by atoms with Gasteiger partial charge in [0.05, 0.1) is 0 Å². The summed E-state index contributed by atoms with van der Waals surface area (Å²) in [6, 6.07) is 0. The van der Waals surface area contributed by atoms with E-state index in [2.05, 4.69) is 42.0 Å². The average Bonchev–Trinajstić information content (AvgIpc) is 2.74. The number of carbonyl (C=O) groups is 1. The zero-order valence-electron chi connectivity index (χ0n) is 9.43. The van der Waals surface area contributed by atoms with Crippen molar-refractivity contribution in [2.24, 2.45) is 11.8 Å². The summed E-state index contributed by atoms with van der Waals surface area (Å²) in [6.45, 7) is 2.93. The van der Waals surface area contributed by atoms with Gasteiger partial charge in [-0.1, -0.05) is 31.2 Å². The number of carbonyl (C=O) groups excluding carboxylic acids is 1. The lowest BCUT2D eigenvalue weighted by molar-refractivity contribution is -0.109. The van der Waals surface area contributed by atoms with Crippen molar-refractivity contribution in [3.63, 3.8) is 0 Å². The van der Waals surface area contributed by atoms with E-state index in [9.17, 15) is 4.79 Å². The number of thioether (sulfide) groups is 1. The fourth-order valence-electron chi connectivity index (χ4n) is 2.20. The van der Waals surface area contributed by atoms with Gasteiger partial charge in [0.1, 0.15) is 0 Å². The molecule has 0 saturated heterocycles. The first kappa shape index (κ1) is 11.5. The Bertz CT molecular complexity index is 346. The molecule has 86 valence electrons. The molecule has 1 aliphatic heterocycles. The number of allylic oxidation sites excluding steroid dienone is 3. The Kier molecular flexibility index (Phi) is 3.88. The van der Waals surface area contributed by atoms with Gasteiger partial charge in [0.25, 0.3) is 0 Å². The Morgan fingerprint density at radius 3 is 3.00 bits per heavy atom. The highest BCUT2D eigenvalue weighted by molar-refractivity contribution is 8.03. The molecule has 1 amide bonds. The van der Waals surface area contributed by atoms with Crippen LogP contribution in [0.2, 0.25) is 0 Å². The van der Waals surface area contributed by atoms with E-state index >= 15 is 0 Å². The molecule has 1 heterocycles. The highest BCUT2D eigenvalue weighted by atomic mass is 32.2. The molecule has 3 unspecified atom stereocenters. The molecule has 1 aliphatic carbocycles. The van der Waals surface area contributed by atoms with Crippen LogP contribution in [0.5, 0.6) is 0 Å². The Balaban J connectivity index is 1.88. The average molecular weight is 235 g/mol. The summed E-state index contributed by atoms with van der Waals surface area (Å²) in [5.74, 6) is 1.30. The fourth-order valence-corrected chi connectivity index (χ4v) is 3.46. The van der Waals surface area contributed by atoms with E-state index in [1.54, 1.807) is 0 Å². The molecular weight excluding hydrogens is 218 g/mol. The van der Waals surface area contributed by atoms with Crippen LogP contribution in [-0.4, -0.2) is 18.2 Å². The summed E-state index contributed by atoms with van der Waals surface area (Å²) in [5, 5.41) is 5.60. The fraction of sp³-hybridized carbons (Fsp3) is 0.462. The number of amides is 1. The lowest BCUT2D eigenvalue weighted by Crippen LogP contribution is -2.21. The van der Waals surface area contributed by atoms with Crippen LogP contribution in [0.15, 0.2) is 35.3 Å². The van der Waals surface area contributed by atoms with Gasteiger partial charge in [-0.15, -0.1) is 11.8 Å². The third kappa shape index (κ3) is 2.59. The SMILES string of the molecule is CC1C=CSC1C1C=CC(CNC=O)=CC1. The standard InChI is InChI=1S/C13H17NOS/c1-10-6-7-16-13(10)12-4-2-11(3-5-12)8-14-9-15/h2-4,6-7,9-10,12-13H,5,8H2,1H3,(H,14,15). The Morgan fingerprint density at radius 2 is 2.44 bits per heavy atom. The molecule has 3 heteroatoms. The molecule has 2 rings (SSSR count). The maximum absolute atomic E-state index is 10.2. The lowest BCUT2D eigenvalue weighted by Gasteiger charge is -2.25. The second-order valence-corrected chi connectivity index (χ2v) is 5.41. The predicted molar refractivity (Wildman–Crippen MR) is 69.1 cm³/mol. The Hall–Kier alpha value is -0.960. The van der Waals surface area contributed by atoms with Gasteiger partial charge in [-0.25, -0.2) is 0 Å². The molecule has 0 aromatic heterocycles. The maximum Gasteiger partial charge on any atom is 0.207 e. The maximum atomic E-state index is 10.2. The third-order valence-electron chi connectivity index (χ3n) is 3.16. The number of nitrogens with one attached hydrogen (secondary N) is 1. The van der Waals surface area contributed by atoms with Gasteiger partial charge in [-0.05, 0) is 29.2 Å². The van der Waals surface area contributed by atoms with E-state index in [-0.39, 0.29) is 0 Å². The molecule has 0 saturated carbocycles. The van der Waals surface area contributed by atoms with Gasteiger partial charge in [0, 0.05) is 11.8 Å². The first-order valence-corrected chi connectivity index (χ1v) is 6.62. The van der Waals surface area contributed by atoms with Crippen LogP contribution in [0.25, 0.3) is 0 Å². The molecule has 0 spiro atoms. The molecule has 2 nitrogen and oxygen atoms in total. The molecule has 0 aromatic carbocycles. The minimum atomic E-state index is 0.634. The van der Waals surface area contributed by atoms with Crippen LogP contribution < -0.4 is 5.32 Å². The van der Waals surface area contributed by atoms with Crippen LogP contribution in [0.1, 0.15) is 13.3 Å². The van der Waals surface area contributed by atoms with E-state index < -0.39 is 0 Å². The van der Waals surface area contributed by atoms with Crippen molar-refractivity contribution >= 4 is 18.2 Å². The Labute approximate surface area is 101 Å². The van der Waals surface area contributed by atoms with Crippen LogP contribution in [0.3, 0.4) is 0 Å². The summed E-state index contributed by atoms with van der Waals surface area (Å²) in [4.78, 5) is 10.2. The summed E-state index contributed by atoms with van der Waals surface area (Å²) < 4.78 is 0. The minimum Gasteiger partial charge on any atom is -0.355 e. The first-order chi connectivity index (χ1) is 7.81. The van der Waals surface area contributed by atoms with Gasteiger partial charge in [0.15, 0.2) is 0 Å². The topological polar surface area (TPSA) is 29.1 Å². The molecule has 0 radical (unpaired) electrons. The molecular formula is C13H17NOS. The van der Waals surface area contributed by atoms with E-state index in [1.165, 1.54) is 5.57 Å². The summed E-state index contributed by atoms with van der Waals surface area (Å²) in [7, 11) is 0. The van der Waals surface area contributed by atoms with Crippen molar-refractivity contribution in [3.8, 4) is 0 Å².